The molecule has 140 valence electrons. The molecule has 0 aromatic carbocycles. The number of rotatable bonds is 2. The molecule has 0 unspecified atom stereocenters. The average Bonchev–Trinajstić information content (AvgIpc) is 2.79. The summed E-state index contributed by atoms with van der Waals surface area (Å²) in [5.41, 5.74) is 0.316. The van der Waals surface area contributed by atoms with Gasteiger partial charge in [0.25, 0.3) is 0 Å². The summed E-state index contributed by atoms with van der Waals surface area (Å²) >= 11 is 0. The minimum Gasteiger partial charge on any atom is -0.481 e. The molecule has 4 aliphatic carbocycles. The second kappa shape index (κ2) is 5.56. The van der Waals surface area contributed by atoms with E-state index in [0.717, 1.165) is 44.9 Å². The van der Waals surface area contributed by atoms with Crippen LogP contribution in [-0.2, 0) is 4.79 Å². The Labute approximate surface area is 150 Å². The van der Waals surface area contributed by atoms with Crippen molar-refractivity contribution in [2.24, 2.45) is 28.6 Å². The van der Waals surface area contributed by atoms with Crippen molar-refractivity contribution in [3.05, 3.63) is 11.6 Å². The van der Waals surface area contributed by atoms with E-state index in [9.17, 15) is 20.1 Å². The number of allylic oxidation sites excluding steroid dienone is 1. The highest BCUT2D eigenvalue weighted by molar-refractivity contribution is 5.68. The minimum absolute atomic E-state index is 0.123. The summed E-state index contributed by atoms with van der Waals surface area (Å²) in [7, 11) is 0. The van der Waals surface area contributed by atoms with Crippen molar-refractivity contribution < 1.29 is 20.1 Å². The maximum absolute atomic E-state index is 11.3. The van der Waals surface area contributed by atoms with Crippen LogP contribution < -0.4 is 0 Å². The van der Waals surface area contributed by atoms with Crippen LogP contribution in [0.4, 0.5) is 0 Å². The third-order valence-electron chi connectivity index (χ3n) is 8.84. The largest absolute Gasteiger partial charge is 0.481 e. The molecule has 3 fully saturated rings. The van der Waals surface area contributed by atoms with Crippen molar-refractivity contribution in [2.45, 2.75) is 83.3 Å². The number of fused-ring (bicyclic) bond motifs is 5. The fraction of sp³-hybridized carbons (Fsp3) is 0.857. The number of aliphatic hydroxyl groups excluding tert-OH is 1. The van der Waals surface area contributed by atoms with Crippen molar-refractivity contribution in [1.29, 1.82) is 0 Å². The van der Waals surface area contributed by atoms with Gasteiger partial charge in [0.2, 0.25) is 0 Å². The normalized spacial score (nSPS) is 51.9. The van der Waals surface area contributed by atoms with Gasteiger partial charge in [0.15, 0.2) is 0 Å². The Bertz CT molecular complexity index is 613. The summed E-state index contributed by atoms with van der Waals surface area (Å²) < 4.78 is 0. The molecule has 0 aliphatic heterocycles. The van der Waals surface area contributed by atoms with Crippen molar-refractivity contribution in [3.63, 3.8) is 0 Å². The molecule has 7 atom stereocenters. The Hall–Kier alpha value is -0.870. The highest BCUT2D eigenvalue weighted by Crippen LogP contribution is 2.67. The molecule has 4 heteroatoms. The number of aliphatic carboxylic acids is 1. The molecule has 3 N–H and O–H groups in total. The van der Waals surface area contributed by atoms with Crippen molar-refractivity contribution in [1.82, 2.24) is 0 Å². The molecule has 0 amide bonds. The monoisotopic (exact) mass is 348 g/mol. The lowest BCUT2D eigenvalue weighted by atomic mass is 9.47. The van der Waals surface area contributed by atoms with Crippen LogP contribution in [0, 0.1) is 28.6 Å². The molecule has 0 spiro atoms. The number of hydrogen-bond acceptors (Lipinski definition) is 3. The van der Waals surface area contributed by atoms with Gasteiger partial charge in [-0.1, -0.05) is 25.5 Å². The molecule has 0 saturated heterocycles. The fourth-order valence-electron chi connectivity index (χ4n) is 7.29. The molecule has 0 radical (unpaired) electrons. The summed E-state index contributed by atoms with van der Waals surface area (Å²) in [4.78, 5) is 11.3. The number of carboxylic acids is 1. The van der Waals surface area contributed by atoms with Crippen LogP contribution in [0.1, 0.15) is 71.6 Å². The first kappa shape index (κ1) is 17.5. The van der Waals surface area contributed by atoms with E-state index >= 15 is 0 Å². The summed E-state index contributed by atoms with van der Waals surface area (Å²) in [6.45, 7) is 4.54. The van der Waals surface area contributed by atoms with E-state index < -0.39 is 11.6 Å². The van der Waals surface area contributed by atoms with Gasteiger partial charge in [0.1, 0.15) is 0 Å². The van der Waals surface area contributed by atoms with Crippen LogP contribution in [0.2, 0.25) is 0 Å². The Morgan fingerprint density at radius 2 is 1.88 bits per heavy atom. The Kier molecular flexibility index (Phi) is 3.90. The topological polar surface area (TPSA) is 77.8 Å². The first-order valence-electron chi connectivity index (χ1n) is 10.0. The Morgan fingerprint density at radius 1 is 1.16 bits per heavy atom. The molecule has 4 nitrogen and oxygen atoms in total. The minimum atomic E-state index is -1.05. The van der Waals surface area contributed by atoms with Crippen LogP contribution in [0.15, 0.2) is 11.6 Å². The van der Waals surface area contributed by atoms with E-state index in [4.69, 9.17) is 0 Å². The van der Waals surface area contributed by atoms with Gasteiger partial charge in [-0.2, -0.15) is 0 Å². The Balaban J connectivity index is 1.65. The summed E-state index contributed by atoms with van der Waals surface area (Å²) in [6.07, 6.45) is 9.45. The SMILES string of the molecule is C[C@]12CC[C@H](O)CC1=CC[C@H]1[C@H]2CC[C@@]2(C)[C@@H]1CC[C@@]2(O)CC(=O)O. The summed E-state index contributed by atoms with van der Waals surface area (Å²) in [5.74, 6) is 0.693. The van der Waals surface area contributed by atoms with Crippen LogP contribution in [0.5, 0.6) is 0 Å². The van der Waals surface area contributed by atoms with E-state index in [-0.39, 0.29) is 23.4 Å². The molecule has 0 heterocycles. The maximum atomic E-state index is 11.3. The quantitative estimate of drug-likeness (QED) is 0.667. The summed E-state index contributed by atoms with van der Waals surface area (Å²) in [5, 5.41) is 30.6. The molecule has 0 bridgehead atoms. The van der Waals surface area contributed by atoms with E-state index in [2.05, 4.69) is 19.9 Å². The molecule has 3 saturated carbocycles. The second-order valence-corrected chi connectivity index (χ2v) is 9.75. The van der Waals surface area contributed by atoms with Gasteiger partial charge in [-0.25, -0.2) is 0 Å². The van der Waals surface area contributed by atoms with Gasteiger partial charge in [-0.15, -0.1) is 0 Å². The van der Waals surface area contributed by atoms with E-state index in [1.165, 1.54) is 5.57 Å². The molecule has 4 aliphatic rings. The predicted molar refractivity (Wildman–Crippen MR) is 94.9 cm³/mol. The van der Waals surface area contributed by atoms with Gasteiger partial charge < -0.3 is 15.3 Å². The van der Waals surface area contributed by atoms with Crippen LogP contribution in [0.3, 0.4) is 0 Å². The standard InChI is InChI=1S/C21H32O4/c1-19-8-5-14(22)11-13(19)3-4-15-16(19)6-9-20(2)17(15)7-10-21(20,25)12-18(23)24/h3,14-17,22,25H,4-12H2,1-2H3,(H,23,24)/t14-,15-,16+,17+,19-,20-,21+/m0/s1. The number of hydrogen-bond donors (Lipinski definition) is 3. The smallest absolute Gasteiger partial charge is 0.306 e. The van der Waals surface area contributed by atoms with Gasteiger partial charge in [0, 0.05) is 0 Å². The molecular weight excluding hydrogens is 316 g/mol. The van der Waals surface area contributed by atoms with Crippen LogP contribution >= 0.6 is 0 Å². The van der Waals surface area contributed by atoms with E-state index in [0.29, 0.717) is 24.2 Å². The first-order chi connectivity index (χ1) is 11.7. The molecular formula is C21H32O4. The molecule has 0 aromatic heterocycles. The zero-order valence-corrected chi connectivity index (χ0v) is 15.5. The lowest BCUT2D eigenvalue weighted by molar-refractivity contribution is -0.157. The van der Waals surface area contributed by atoms with Gasteiger partial charge >= 0.3 is 5.97 Å². The van der Waals surface area contributed by atoms with Crippen LogP contribution in [0.25, 0.3) is 0 Å². The average molecular weight is 348 g/mol. The lowest BCUT2D eigenvalue weighted by Crippen LogP contribution is -2.55. The first-order valence-corrected chi connectivity index (χ1v) is 10.0. The highest BCUT2D eigenvalue weighted by atomic mass is 16.4. The molecule has 4 rings (SSSR count). The fourth-order valence-corrected chi connectivity index (χ4v) is 7.29. The third-order valence-corrected chi connectivity index (χ3v) is 8.84. The van der Waals surface area contributed by atoms with E-state index in [1.807, 2.05) is 0 Å². The zero-order chi connectivity index (χ0) is 18.0. The lowest BCUT2D eigenvalue weighted by Gasteiger charge is -2.59. The molecule has 25 heavy (non-hydrogen) atoms. The Morgan fingerprint density at radius 3 is 2.60 bits per heavy atom. The van der Waals surface area contributed by atoms with Crippen LogP contribution in [-0.4, -0.2) is 33.0 Å². The van der Waals surface area contributed by atoms with Crippen molar-refractivity contribution in [2.75, 3.05) is 0 Å². The van der Waals surface area contributed by atoms with Crippen molar-refractivity contribution in [3.8, 4) is 0 Å². The third kappa shape index (κ3) is 2.36. The number of aliphatic hydroxyl groups is 2. The zero-order valence-electron chi connectivity index (χ0n) is 15.5. The summed E-state index contributed by atoms with van der Waals surface area (Å²) in [6, 6.07) is 0. The van der Waals surface area contributed by atoms with Gasteiger partial charge in [-0.3, -0.25) is 4.79 Å². The number of carboxylic acid groups (broad SMARTS) is 1. The van der Waals surface area contributed by atoms with Gasteiger partial charge in [-0.05, 0) is 80.0 Å². The highest BCUT2D eigenvalue weighted by Gasteiger charge is 2.63. The molecule has 0 aromatic rings. The maximum Gasteiger partial charge on any atom is 0.306 e. The van der Waals surface area contributed by atoms with Crippen molar-refractivity contribution >= 4 is 5.97 Å². The predicted octanol–water partition coefficient (Wildman–Crippen LogP) is 3.52. The van der Waals surface area contributed by atoms with Gasteiger partial charge in [0.05, 0.1) is 18.1 Å². The van der Waals surface area contributed by atoms with E-state index in [1.54, 1.807) is 0 Å². The second-order valence-electron chi connectivity index (χ2n) is 9.75. The number of carbonyl (C=O) groups is 1.